The Morgan fingerprint density at radius 2 is 0.812 bits per heavy atom. The number of benzene rings is 2. The van der Waals surface area contributed by atoms with Gasteiger partial charge in [-0.05, 0) is 0 Å². The summed E-state index contributed by atoms with van der Waals surface area (Å²) in [5.74, 6) is 0. The molecule has 0 radical (unpaired) electrons. The third-order valence-corrected chi connectivity index (χ3v) is 12.4. The number of hydrogen-bond acceptors (Lipinski definition) is 2. The molecule has 0 spiro atoms. The van der Waals surface area contributed by atoms with Crippen molar-refractivity contribution >= 4 is 60.4 Å². The fourth-order valence-electron chi connectivity index (χ4n) is 3.42. The molecule has 0 saturated carbocycles. The molecule has 0 unspecified atom stereocenters. The van der Waals surface area contributed by atoms with Crippen LogP contribution in [0.2, 0.25) is 10.6 Å². The van der Waals surface area contributed by atoms with E-state index in [2.05, 4.69) is 62.4 Å². The molecule has 0 amide bonds. The van der Waals surface area contributed by atoms with E-state index >= 15 is 0 Å². The molecule has 0 heterocycles. The Bertz CT molecular complexity index is 624. The monoisotopic (exact) mass is 602 g/mol. The molecule has 2 aromatic rings. The van der Waals surface area contributed by atoms with Crippen LogP contribution in [0.15, 0.2) is 58.3 Å². The van der Waals surface area contributed by atoms with Crippen molar-refractivity contribution in [3.63, 3.8) is 0 Å². The molecule has 0 fully saturated rings. The molecule has 0 aliphatic heterocycles. The van der Waals surface area contributed by atoms with Crippen LogP contribution in [0.5, 0.6) is 0 Å². The summed E-state index contributed by atoms with van der Waals surface area (Å²) in [6.45, 7) is 4.58. The van der Waals surface area contributed by atoms with Crippen LogP contribution in [-0.4, -0.2) is 29.9 Å². The van der Waals surface area contributed by atoms with Gasteiger partial charge in [-0.25, -0.2) is 0 Å². The first-order chi connectivity index (χ1) is 15.8. The third-order valence-electron chi connectivity index (χ3n) is 5.41. The Morgan fingerprint density at radius 1 is 0.469 bits per heavy atom. The average molecular weight is 601 g/mol. The van der Waals surface area contributed by atoms with Crippen LogP contribution in [0.4, 0.5) is 0 Å². The normalized spacial score (nSPS) is 11.2. The second-order valence-corrected chi connectivity index (χ2v) is 15.5. The summed E-state index contributed by atoms with van der Waals surface area (Å²) in [6, 6.07) is 18.7. The molecule has 2 aromatic carbocycles. The van der Waals surface area contributed by atoms with Gasteiger partial charge in [0.2, 0.25) is 0 Å². The van der Waals surface area contributed by atoms with Crippen LogP contribution in [0.1, 0.15) is 90.9 Å². The summed E-state index contributed by atoms with van der Waals surface area (Å²) in [5, 5.41) is 2.79. The molecule has 0 bridgehead atoms. The zero-order chi connectivity index (χ0) is 22.7. The molecule has 0 aromatic heterocycles. The van der Waals surface area contributed by atoms with Gasteiger partial charge < -0.3 is 0 Å². The van der Waals surface area contributed by atoms with E-state index in [1.54, 1.807) is 8.92 Å². The first-order valence-electron chi connectivity index (χ1n) is 12.6. The van der Waals surface area contributed by atoms with Crippen LogP contribution in [0, 0.1) is 0 Å². The van der Waals surface area contributed by atoms with Crippen molar-refractivity contribution in [1.29, 1.82) is 0 Å². The van der Waals surface area contributed by atoms with Crippen LogP contribution >= 0.6 is 21.6 Å². The number of hydrogen-bond donors (Lipinski definition) is 0. The fraction of sp³-hybridized carbons (Fsp3) is 0.571. The minimum atomic E-state index is 0.647. The van der Waals surface area contributed by atoms with Crippen molar-refractivity contribution in [1.82, 2.24) is 0 Å². The maximum absolute atomic E-state index is 2.36. The van der Waals surface area contributed by atoms with Crippen LogP contribution in [0.3, 0.4) is 0 Å². The molecule has 32 heavy (non-hydrogen) atoms. The van der Waals surface area contributed by atoms with Gasteiger partial charge in [0.05, 0.1) is 0 Å². The van der Waals surface area contributed by atoms with Gasteiger partial charge in [-0.2, -0.15) is 0 Å². The number of rotatable bonds is 19. The zero-order valence-electron chi connectivity index (χ0n) is 20.2. The Balaban J connectivity index is 1.58. The molecule has 0 aliphatic rings. The second kappa shape index (κ2) is 19.5. The van der Waals surface area contributed by atoms with E-state index in [1.165, 1.54) is 97.5 Å². The molecular weight excluding hydrogens is 558 g/mol. The van der Waals surface area contributed by atoms with Crippen molar-refractivity contribution in [2.24, 2.45) is 0 Å². The standard InChI is InChI=1S/C28H42S2Se2/c1-3-5-7-9-11-13-23-31-27-19-15-25(16-20-27)29-30-26-17-21-28(22-18-26)32-24-14-12-10-8-6-4-2/h15-22H,3-14,23-24H2,1-2H3. The molecule has 178 valence electrons. The summed E-state index contributed by atoms with van der Waals surface area (Å²) in [6.07, 6.45) is 16.9. The first kappa shape index (κ1) is 28.4. The summed E-state index contributed by atoms with van der Waals surface area (Å²) in [7, 11) is 3.77. The summed E-state index contributed by atoms with van der Waals surface area (Å²) in [4.78, 5) is 2.73. The topological polar surface area (TPSA) is 0 Å². The van der Waals surface area contributed by atoms with E-state index in [0.717, 1.165) is 0 Å². The van der Waals surface area contributed by atoms with Gasteiger partial charge in [0, 0.05) is 0 Å². The maximum atomic E-state index is 2.36. The molecule has 4 heteroatoms. The van der Waals surface area contributed by atoms with Gasteiger partial charge in [-0.15, -0.1) is 0 Å². The quantitative estimate of drug-likeness (QED) is 0.0899. The minimum absolute atomic E-state index is 0.647. The van der Waals surface area contributed by atoms with Crippen molar-refractivity contribution in [3.8, 4) is 0 Å². The van der Waals surface area contributed by atoms with Gasteiger partial charge in [0.1, 0.15) is 0 Å². The van der Waals surface area contributed by atoms with Gasteiger partial charge >= 0.3 is 220 Å². The van der Waals surface area contributed by atoms with E-state index in [0.29, 0.717) is 29.9 Å². The van der Waals surface area contributed by atoms with E-state index in [1.807, 2.05) is 21.6 Å². The Morgan fingerprint density at radius 3 is 1.19 bits per heavy atom. The zero-order valence-corrected chi connectivity index (χ0v) is 25.2. The fourth-order valence-corrected chi connectivity index (χ4v) is 9.18. The molecule has 0 saturated heterocycles. The van der Waals surface area contributed by atoms with E-state index < -0.39 is 0 Å². The SMILES string of the molecule is CCCCCCCC[Se]c1ccc(SSc2ccc([Se]CCCCCCCC)cc2)cc1. The number of unbranched alkanes of at least 4 members (excludes halogenated alkanes) is 10. The summed E-state index contributed by atoms with van der Waals surface area (Å²) in [5.41, 5.74) is 0. The molecule has 2 rings (SSSR count). The molecular formula is C28H42S2Se2. The van der Waals surface area contributed by atoms with Crippen LogP contribution in [-0.2, 0) is 0 Å². The van der Waals surface area contributed by atoms with Gasteiger partial charge in [0.15, 0.2) is 0 Å². The molecule has 0 aliphatic carbocycles. The first-order valence-corrected chi connectivity index (χ1v) is 18.9. The molecule has 0 N–H and O–H groups in total. The Labute approximate surface area is 219 Å². The predicted molar refractivity (Wildman–Crippen MR) is 152 cm³/mol. The predicted octanol–water partition coefficient (Wildman–Crippen LogP) is 8.70. The summed E-state index contributed by atoms with van der Waals surface area (Å²) >= 11 is 1.29. The summed E-state index contributed by atoms with van der Waals surface area (Å²) < 4.78 is 3.11. The van der Waals surface area contributed by atoms with Crippen LogP contribution in [0.25, 0.3) is 0 Å². The Hall–Kier alpha value is 0.179. The van der Waals surface area contributed by atoms with E-state index in [9.17, 15) is 0 Å². The van der Waals surface area contributed by atoms with E-state index in [-0.39, 0.29) is 0 Å². The van der Waals surface area contributed by atoms with Gasteiger partial charge in [0.25, 0.3) is 0 Å². The molecule has 0 atom stereocenters. The van der Waals surface area contributed by atoms with Gasteiger partial charge in [-0.3, -0.25) is 0 Å². The van der Waals surface area contributed by atoms with Crippen molar-refractivity contribution in [3.05, 3.63) is 48.5 Å². The molecule has 0 nitrogen and oxygen atoms in total. The average Bonchev–Trinajstić information content (AvgIpc) is 2.83. The van der Waals surface area contributed by atoms with Crippen LogP contribution < -0.4 is 8.92 Å². The third kappa shape index (κ3) is 13.8. The van der Waals surface area contributed by atoms with Crippen molar-refractivity contribution in [2.75, 3.05) is 0 Å². The van der Waals surface area contributed by atoms with Crippen molar-refractivity contribution < 1.29 is 0 Å². The Kier molecular flexibility index (Phi) is 17.3. The van der Waals surface area contributed by atoms with Gasteiger partial charge in [-0.1, -0.05) is 0 Å². The second-order valence-electron chi connectivity index (χ2n) is 8.34. The van der Waals surface area contributed by atoms with E-state index in [4.69, 9.17) is 0 Å². The van der Waals surface area contributed by atoms with Crippen molar-refractivity contribution in [2.45, 2.75) is 111 Å².